The molecule has 0 saturated carbocycles. The Morgan fingerprint density at radius 1 is 1.35 bits per heavy atom. The van der Waals surface area contributed by atoms with Crippen LogP contribution in [-0.4, -0.2) is 31.6 Å². The number of hydrogen-bond donors (Lipinski definition) is 1. The van der Waals surface area contributed by atoms with Crippen molar-refractivity contribution in [3.05, 3.63) is 29.6 Å². The predicted octanol–water partition coefficient (Wildman–Crippen LogP) is 2.17. The molecule has 1 atom stereocenters. The maximum Gasteiger partial charge on any atom is 0.131 e. The Balaban J connectivity index is 3.08. The van der Waals surface area contributed by atoms with Gasteiger partial charge in [-0.3, -0.25) is 0 Å². The molecule has 0 saturated heterocycles. The normalized spacial score (nSPS) is 13.9. The second kappa shape index (κ2) is 5.02. The van der Waals surface area contributed by atoms with Gasteiger partial charge in [0.1, 0.15) is 11.6 Å². The highest BCUT2D eigenvalue weighted by Crippen LogP contribution is 2.30. The average Bonchev–Trinajstić information content (AvgIpc) is 2.27. The Kier molecular flexibility index (Phi) is 4.11. The topological polar surface area (TPSA) is 38.5 Å². The summed E-state index contributed by atoms with van der Waals surface area (Å²) in [7, 11) is 5.38. The smallest absolute Gasteiger partial charge is 0.131 e. The number of methoxy groups -OCH3 is 1. The van der Waals surface area contributed by atoms with E-state index in [1.807, 2.05) is 32.8 Å². The summed E-state index contributed by atoms with van der Waals surface area (Å²) < 4.78 is 18.9. The van der Waals surface area contributed by atoms with Gasteiger partial charge in [0.05, 0.1) is 13.2 Å². The molecule has 1 aromatic carbocycles. The van der Waals surface area contributed by atoms with Gasteiger partial charge in [-0.05, 0) is 34.0 Å². The van der Waals surface area contributed by atoms with E-state index < -0.39 is 6.04 Å². The minimum atomic E-state index is -0.400. The first kappa shape index (κ1) is 13.9. The zero-order valence-corrected chi connectivity index (χ0v) is 11.1. The first-order chi connectivity index (χ1) is 7.80. The number of halogens is 1. The molecule has 0 spiro atoms. The van der Waals surface area contributed by atoms with Gasteiger partial charge in [0, 0.05) is 17.2 Å². The van der Waals surface area contributed by atoms with E-state index in [0.717, 1.165) is 0 Å². The molecule has 0 bridgehead atoms. The van der Waals surface area contributed by atoms with Crippen molar-refractivity contribution in [1.29, 1.82) is 0 Å². The molecule has 0 amide bonds. The molecule has 0 aliphatic rings. The van der Waals surface area contributed by atoms with Crippen LogP contribution in [0.5, 0.6) is 5.75 Å². The molecular weight excluding hydrogens is 219 g/mol. The summed E-state index contributed by atoms with van der Waals surface area (Å²) in [5.74, 6) is 0.174. The molecule has 2 N–H and O–H groups in total. The molecular formula is C13H21FN2O. The van der Waals surface area contributed by atoms with Crippen molar-refractivity contribution in [3.63, 3.8) is 0 Å². The van der Waals surface area contributed by atoms with Crippen LogP contribution in [0.3, 0.4) is 0 Å². The average molecular weight is 240 g/mol. The fraction of sp³-hybridized carbons (Fsp3) is 0.538. The molecule has 0 fully saturated rings. The number of hydrogen-bond acceptors (Lipinski definition) is 3. The van der Waals surface area contributed by atoms with Gasteiger partial charge in [-0.2, -0.15) is 0 Å². The fourth-order valence-corrected chi connectivity index (χ4v) is 1.55. The molecule has 96 valence electrons. The van der Waals surface area contributed by atoms with Gasteiger partial charge in [0.25, 0.3) is 0 Å². The fourth-order valence-electron chi connectivity index (χ4n) is 1.55. The van der Waals surface area contributed by atoms with Gasteiger partial charge in [0.15, 0.2) is 0 Å². The molecule has 1 unspecified atom stereocenters. The Hall–Kier alpha value is -1.13. The van der Waals surface area contributed by atoms with E-state index in [1.54, 1.807) is 12.1 Å². The third kappa shape index (κ3) is 2.76. The van der Waals surface area contributed by atoms with Crippen LogP contribution in [0.4, 0.5) is 4.39 Å². The lowest BCUT2D eigenvalue weighted by atomic mass is 9.88. The molecule has 17 heavy (non-hydrogen) atoms. The number of nitrogens with zero attached hydrogens (tertiary/aromatic N) is 1. The highest BCUT2D eigenvalue weighted by molar-refractivity contribution is 5.32. The number of ether oxygens (including phenoxy) is 1. The number of nitrogens with two attached hydrogens (primary N) is 1. The Morgan fingerprint density at radius 3 is 2.35 bits per heavy atom. The van der Waals surface area contributed by atoms with Crippen LogP contribution < -0.4 is 10.5 Å². The lowest BCUT2D eigenvalue weighted by Crippen LogP contribution is -2.47. The third-order valence-corrected chi connectivity index (χ3v) is 3.46. The number of benzene rings is 1. The lowest BCUT2D eigenvalue weighted by molar-refractivity contribution is 0.157. The summed E-state index contributed by atoms with van der Waals surface area (Å²) in [4.78, 5) is 1.99. The summed E-state index contributed by atoms with van der Waals surface area (Å²) in [5.41, 5.74) is 6.32. The Morgan fingerprint density at radius 2 is 1.94 bits per heavy atom. The minimum Gasteiger partial charge on any atom is -0.497 e. The summed E-state index contributed by atoms with van der Waals surface area (Å²) in [6.45, 7) is 3.97. The van der Waals surface area contributed by atoms with Gasteiger partial charge in [-0.15, -0.1) is 0 Å². The lowest BCUT2D eigenvalue weighted by Gasteiger charge is -2.38. The molecule has 1 aromatic rings. The molecule has 1 rings (SSSR count). The molecule has 4 heteroatoms. The Labute approximate surface area is 102 Å². The van der Waals surface area contributed by atoms with E-state index in [1.165, 1.54) is 13.2 Å². The van der Waals surface area contributed by atoms with Crippen LogP contribution in [0.1, 0.15) is 25.5 Å². The summed E-state index contributed by atoms with van der Waals surface area (Å²) in [5, 5.41) is 0. The number of likely N-dealkylation sites (N-methyl/N-ethyl adjacent to an activating group) is 1. The van der Waals surface area contributed by atoms with E-state index in [-0.39, 0.29) is 11.4 Å². The van der Waals surface area contributed by atoms with Gasteiger partial charge in [-0.1, -0.05) is 6.07 Å². The maximum absolute atomic E-state index is 13.9. The van der Waals surface area contributed by atoms with Crippen LogP contribution in [-0.2, 0) is 0 Å². The van der Waals surface area contributed by atoms with Crippen molar-refractivity contribution in [2.24, 2.45) is 5.73 Å². The highest BCUT2D eigenvalue weighted by Gasteiger charge is 2.31. The van der Waals surface area contributed by atoms with Gasteiger partial charge in [-0.25, -0.2) is 4.39 Å². The van der Waals surface area contributed by atoms with Crippen molar-refractivity contribution < 1.29 is 9.13 Å². The Bertz CT molecular complexity index is 391. The van der Waals surface area contributed by atoms with Crippen molar-refractivity contribution in [2.45, 2.75) is 25.4 Å². The molecule has 0 aromatic heterocycles. The molecule has 0 heterocycles. The van der Waals surface area contributed by atoms with Crippen molar-refractivity contribution >= 4 is 0 Å². The standard InChI is InChI=1S/C13H21FN2O/c1-13(2,16(3)4)12(15)10-7-6-9(17-5)8-11(10)14/h6-8,12H,15H2,1-5H3. The zero-order chi connectivity index (χ0) is 13.2. The van der Waals surface area contributed by atoms with Crippen LogP contribution in [0.15, 0.2) is 18.2 Å². The highest BCUT2D eigenvalue weighted by atomic mass is 19.1. The van der Waals surface area contributed by atoms with Gasteiger partial charge in [0.2, 0.25) is 0 Å². The van der Waals surface area contributed by atoms with Crippen molar-refractivity contribution in [1.82, 2.24) is 4.90 Å². The predicted molar refractivity (Wildman–Crippen MR) is 67.6 cm³/mol. The minimum absolute atomic E-state index is 0.324. The van der Waals surface area contributed by atoms with Crippen molar-refractivity contribution in [3.8, 4) is 5.75 Å². The van der Waals surface area contributed by atoms with Crippen molar-refractivity contribution in [2.75, 3.05) is 21.2 Å². The monoisotopic (exact) mass is 240 g/mol. The maximum atomic E-state index is 13.9. The molecule has 3 nitrogen and oxygen atoms in total. The van der Waals surface area contributed by atoms with Gasteiger partial charge >= 0.3 is 0 Å². The zero-order valence-electron chi connectivity index (χ0n) is 11.1. The first-order valence-electron chi connectivity index (χ1n) is 5.57. The number of rotatable bonds is 4. The first-order valence-corrected chi connectivity index (χ1v) is 5.57. The molecule has 0 aliphatic heterocycles. The van der Waals surface area contributed by atoms with Crippen LogP contribution in [0.2, 0.25) is 0 Å². The van der Waals surface area contributed by atoms with E-state index in [0.29, 0.717) is 11.3 Å². The van der Waals surface area contributed by atoms with Crippen LogP contribution in [0.25, 0.3) is 0 Å². The van der Waals surface area contributed by atoms with Crippen LogP contribution >= 0.6 is 0 Å². The third-order valence-electron chi connectivity index (χ3n) is 3.46. The molecule has 0 radical (unpaired) electrons. The van der Waals surface area contributed by atoms with Crippen LogP contribution in [0, 0.1) is 5.82 Å². The van der Waals surface area contributed by atoms with E-state index in [4.69, 9.17) is 10.5 Å². The SMILES string of the molecule is COc1ccc(C(N)C(C)(C)N(C)C)c(F)c1. The van der Waals surface area contributed by atoms with Gasteiger partial charge < -0.3 is 15.4 Å². The summed E-state index contributed by atoms with van der Waals surface area (Å²) >= 11 is 0. The quantitative estimate of drug-likeness (QED) is 0.876. The summed E-state index contributed by atoms with van der Waals surface area (Å²) in [6, 6.07) is 4.37. The second-order valence-corrected chi connectivity index (χ2v) is 4.91. The largest absolute Gasteiger partial charge is 0.497 e. The summed E-state index contributed by atoms with van der Waals surface area (Å²) in [6.07, 6.45) is 0. The van der Waals surface area contributed by atoms with E-state index in [9.17, 15) is 4.39 Å². The molecule has 0 aliphatic carbocycles. The second-order valence-electron chi connectivity index (χ2n) is 4.91. The van der Waals surface area contributed by atoms with E-state index >= 15 is 0 Å². The van der Waals surface area contributed by atoms with E-state index in [2.05, 4.69) is 0 Å².